The average molecular weight is 366 g/mol. The quantitative estimate of drug-likeness (QED) is 0.695. The van der Waals surface area contributed by atoms with Crippen molar-refractivity contribution in [3.05, 3.63) is 69.5 Å². The van der Waals surface area contributed by atoms with Gasteiger partial charge in [0.2, 0.25) is 5.91 Å². The number of carbonyl (C=O) groups is 1. The van der Waals surface area contributed by atoms with Crippen molar-refractivity contribution in [3.63, 3.8) is 0 Å². The molecule has 0 aromatic heterocycles. The van der Waals surface area contributed by atoms with E-state index in [-0.39, 0.29) is 17.6 Å². The topological polar surface area (TPSA) is 20.3 Å². The number of hydrogen-bond donors (Lipinski definition) is 0. The van der Waals surface area contributed by atoms with E-state index in [1.165, 1.54) is 12.1 Å². The minimum Gasteiger partial charge on any atom is -0.338 e. The van der Waals surface area contributed by atoms with Crippen molar-refractivity contribution in [1.29, 1.82) is 0 Å². The molecule has 126 valence electrons. The largest absolute Gasteiger partial charge is 0.338 e. The van der Waals surface area contributed by atoms with Crippen LogP contribution in [0.3, 0.4) is 0 Å². The van der Waals surface area contributed by atoms with Gasteiger partial charge in [0.25, 0.3) is 0 Å². The first kappa shape index (κ1) is 17.2. The molecule has 0 saturated heterocycles. The highest BCUT2D eigenvalue weighted by atomic mass is 35.5. The molecule has 0 atom stereocenters. The van der Waals surface area contributed by atoms with E-state index in [1.54, 1.807) is 24.3 Å². The van der Waals surface area contributed by atoms with Crippen LogP contribution >= 0.6 is 23.2 Å². The van der Waals surface area contributed by atoms with Crippen LogP contribution in [-0.4, -0.2) is 17.4 Å². The average Bonchev–Trinajstić information content (AvgIpc) is 3.39. The Kier molecular flexibility index (Phi) is 5.42. The van der Waals surface area contributed by atoms with E-state index in [1.807, 2.05) is 11.0 Å². The fraction of sp³-hybridized carbons (Fsp3) is 0.316. The van der Waals surface area contributed by atoms with Crippen LogP contribution < -0.4 is 0 Å². The monoisotopic (exact) mass is 365 g/mol. The lowest BCUT2D eigenvalue weighted by molar-refractivity contribution is -0.133. The molecule has 3 rings (SSSR count). The molecule has 24 heavy (non-hydrogen) atoms. The predicted octanol–water partition coefficient (Wildman–Crippen LogP) is 5.11. The molecule has 0 N–H and O–H groups in total. The summed E-state index contributed by atoms with van der Waals surface area (Å²) in [5.74, 6) is 0.0438. The number of hydrogen-bond acceptors (Lipinski definition) is 1. The normalized spacial score (nSPS) is 13.8. The van der Waals surface area contributed by atoms with Crippen LogP contribution in [0, 0.1) is 11.7 Å². The van der Waals surface area contributed by atoms with Crippen molar-refractivity contribution < 1.29 is 9.18 Å². The molecule has 0 unspecified atom stereocenters. The molecule has 2 aromatic rings. The number of rotatable bonds is 6. The lowest BCUT2D eigenvalue weighted by Crippen LogP contribution is -2.33. The van der Waals surface area contributed by atoms with Gasteiger partial charge in [-0.15, -0.1) is 0 Å². The Morgan fingerprint density at radius 1 is 1.12 bits per heavy atom. The van der Waals surface area contributed by atoms with E-state index in [0.717, 1.165) is 24.0 Å². The zero-order valence-corrected chi connectivity index (χ0v) is 14.7. The van der Waals surface area contributed by atoms with Crippen LogP contribution in [-0.2, 0) is 17.8 Å². The van der Waals surface area contributed by atoms with E-state index in [4.69, 9.17) is 23.2 Å². The lowest BCUT2D eigenvalue weighted by Gasteiger charge is -2.23. The third kappa shape index (κ3) is 4.49. The lowest BCUT2D eigenvalue weighted by atomic mass is 10.1. The summed E-state index contributed by atoms with van der Waals surface area (Å²) >= 11 is 12.1. The van der Waals surface area contributed by atoms with Gasteiger partial charge in [-0.1, -0.05) is 41.4 Å². The van der Waals surface area contributed by atoms with Crippen LogP contribution in [0.25, 0.3) is 0 Å². The Labute approximate surface area is 151 Å². The number of carbonyl (C=O) groups excluding carboxylic acids is 1. The molecule has 5 heteroatoms. The van der Waals surface area contributed by atoms with Crippen LogP contribution in [0.2, 0.25) is 10.0 Å². The summed E-state index contributed by atoms with van der Waals surface area (Å²) in [6, 6.07) is 11.7. The fourth-order valence-electron chi connectivity index (χ4n) is 2.65. The Morgan fingerprint density at radius 2 is 1.83 bits per heavy atom. The zero-order valence-electron chi connectivity index (χ0n) is 13.1. The Balaban J connectivity index is 1.70. The molecule has 1 fully saturated rings. The van der Waals surface area contributed by atoms with Gasteiger partial charge in [-0.25, -0.2) is 4.39 Å². The molecule has 1 aliphatic rings. The van der Waals surface area contributed by atoms with Gasteiger partial charge in [0.1, 0.15) is 5.82 Å². The second-order valence-corrected chi connectivity index (χ2v) is 6.99. The molecule has 1 saturated carbocycles. The van der Waals surface area contributed by atoms with E-state index in [9.17, 15) is 9.18 Å². The summed E-state index contributed by atoms with van der Waals surface area (Å²) in [6.45, 7) is 1.06. The number of halogens is 3. The fourth-order valence-corrected chi connectivity index (χ4v) is 3.15. The number of amides is 1. The molecule has 2 nitrogen and oxygen atoms in total. The van der Waals surface area contributed by atoms with Gasteiger partial charge in [0.05, 0.1) is 0 Å². The highest BCUT2D eigenvalue weighted by Crippen LogP contribution is 2.32. The van der Waals surface area contributed by atoms with E-state index in [0.29, 0.717) is 29.6 Å². The van der Waals surface area contributed by atoms with Gasteiger partial charge < -0.3 is 4.90 Å². The Bertz CT molecular complexity index is 729. The second kappa shape index (κ2) is 7.54. The van der Waals surface area contributed by atoms with Gasteiger partial charge in [-0.2, -0.15) is 0 Å². The first-order valence-corrected chi connectivity index (χ1v) is 8.75. The summed E-state index contributed by atoms with van der Waals surface area (Å²) in [5.41, 5.74) is 1.89. The maximum Gasteiger partial charge on any atom is 0.225 e. The SMILES string of the molecule is O=C(C1CC1)N(CCc1ccc(Cl)cc1Cl)Cc1ccc(F)cc1. The molecule has 2 aromatic carbocycles. The smallest absolute Gasteiger partial charge is 0.225 e. The van der Waals surface area contributed by atoms with E-state index in [2.05, 4.69) is 0 Å². The first-order valence-electron chi connectivity index (χ1n) is 8.00. The zero-order chi connectivity index (χ0) is 17.1. The van der Waals surface area contributed by atoms with Crippen molar-refractivity contribution >= 4 is 29.1 Å². The summed E-state index contributed by atoms with van der Waals surface area (Å²) in [5, 5.41) is 1.21. The molecule has 0 bridgehead atoms. The number of benzene rings is 2. The molecule has 1 amide bonds. The van der Waals surface area contributed by atoms with E-state index >= 15 is 0 Å². The molecule has 0 radical (unpaired) electrons. The van der Waals surface area contributed by atoms with Crippen LogP contribution in [0.15, 0.2) is 42.5 Å². The van der Waals surface area contributed by atoms with Gasteiger partial charge in [0, 0.05) is 29.1 Å². The molecular formula is C19H18Cl2FNO. The summed E-state index contributed by atoms with van der Waals surface area (Å²) < 4.78 is 13.1. The first-order chi connectivity index (χ1) is 11.5. The molecule has 0 aliphatic heterocycles. The maximum absolute atomic E-state index is 13.1. The van der Waals surface area contributed by atoms with Gasteiger partial charge >= 0.3 is 0 Å². The van der Waals surface area contributed by atoms with Gasteiger partial charge in [-0.3, -0.25) is 4.79 Å². The molecular weight excluding hydrogens is 348 g/mol. The third-order valence-corrected chi connectivity index (χ3v) is 4.78. The van der Waals surface area contributed by atoms with Gasteiger partial charge in [0.15, 0.2) is 0 Å². The predicted molar refractivity (Wildman–Crippen MR) is 94.7 cm³/mol. The van der Waals surface area contributed by atoms with Crippen LogP contribution in [0.4, 0.5) is 4.39 Å². The second-order valence-electron chi connectivity index (χ2n) is 6.15. The van der Waals surface area contributed by atoms with E-state index < -0.39 is 0 Å². The Morgan fingerprint density at radius 3 is 2.46 bits per heavy atom. The third-order valence-electron chi connectivity index (χ3n) is 4.19. The van der Waals surface area contributed by atoms with Gasteiger partial charge in [-0.05, 0) is 54.7 Å². The van der Waals surface area contributed by atoms with Crippen LogP contribution in [0.5, 0.6) is 0 Å². The highest BCUT2D eigenvalue weighted by molar-refractivity contribution is 6.35. The summed E-state index contributed by atoms with van der Waals surface area (Å²) in [4.78, 5) is 14.4. The summed E-state index contributed by atoms with van der Waals surface area (Å²) in [7, 11) is 0. The minimum absolute atomic E-state index is 0.145. The minimum atomic E-state index is -0.272. The highest BCUT2D eigenvalue weighted by Gasteiger charge is 2.33. The molecule has 0 heterocycles. The summed E-state index contributed by atoms with van der Waals surface area (Å²) in [6.07, 6.45) is 2.58. The maximum atomic E-state index is 13.1. The van der Waals surface area contributed by atoms with Crippen molar-refractivity contribution in [2.45, 2.75) is 25.8 Å². The standard InChI is InChI=1S/C19H18Cl2FNO/c20-16-6-5-14(18(21)11-16)9-10-23(19(24)15-3-4-15)12-13-1-7-17(22)8-2-13/h1-2,5-8,11,15H,3-4,9-10,12H2. The van der Waals surface area contributed by atoms with Crippen LogP contribution in [0.1, 0.15) is 24.0 Å². The number of nitrogens with zero attached hydrogens (tertiary/aromatic N) is 1. The van der Waals surface area contributed by atoms with Crippen molar-refractivity contribution in [2.75, 3.05) is 6.54 Å². The van der Waals surface area contributed by atoms with Crippen molar-refractivity contribution in [1.82, 2.24) is 4.90 Å². The Hall–Kier alpha value is -1.58. The van der Waals surface area contributed by atoms with Crippen molar-refractivity contribution in [3.8, 4) is 0 Å². The molecule has 1 aliphatic carbocycles. The van der Waals surface area contributed by atoms with Crippen molar-refractivity contribution in [2.24, 2.45) is 5.92 Å². The molecule has 0 spiro atoms.